The van der Waals surface area contributed by atoms with Crippen LogP contribution in [0.3, 0.4) is 0 Å². The number of aromatic nitrogens is 3. The number of oxime groups is 1. The van der Waals surface area contributed by atoms with Crippen LogP contribution < -0.4 is 0 Å². The first-order valence-electron chi connectivity index (χ1n) is 9.53. The van der Waals surface area contributed by atoms with Gasteiger partial charge in [-0.15, -0.1) is 0 Å². The molecule has 5 nitrogen and oxygen atoms in total. The maximum Gasteiger partial charge on any atom is 0.117 e. The maximum atomic E-state index is 5.47. The molecule has 5 heteroatoms. The smallest absolute Gasteiger partial charge is 0.117 e. The third kappa shape index (κ3) is 5.46. The van der Waals surface area contributed by atoms with Crippen LogP contribution in [0.4, 0.5) is 0 Å². The van der Waals surface area contributed by atoms with Crippen molar-refractivity contribution in [2.75, 3.05) is 6.61 Å². The maximum absolute atomic E-state index is 5.47. The summed E-state index contributed by atoms with van der Waals surface area (Å²) in [5.41, 5.74) is 7.65. The molecular weight excluding hydrogens is 348 g/mol. The number of nitrogens with zero attached hydrogens (tertiary/aromatic N) is 4. The molecule has 0 atom stereocenters. The Bertz CT molecular complexity index is 962. The van der Waals surface area contributed by atoms with Gasteiger partial charge in [-0.2, -0.15) is 0 Å². The molecule has 3 aromatic heterocycles. The molecule has 0 saturated heterocycles. The van der Waals surface area contributed by atoms with Crippen LogP contribution in [0.1, 0.15) is 41.7 Å². The lowest BCUT2D eigenvalue weighted by atomic mass is 10.1. The van der Waals surface area contributed by atoms with Crippen molar-refractivity contribution in [3.63, 3.8) is 0 Å². The van der Waals surface area contributed by atoms with E-state index >= 15 is 0 Å². The van der Waals surface area contributed by atoms with Crippen LogP contribution in [-0.4, -0.2) is 27.3 Å². The first kappa shape index (κ1) is 19.7. The molecule has 0 fully saturated rings. The van der Waals surface area contributed by atoms with Crippen molar-refractivity contribution in [1.29, 1.82) is 0 Å². The van der Waals surface area contributed by atoms with E-state index in [9.17, 15) is 0 Å². The zero-order chi connectivity index (χ0) is 19.9. The van der Waals surface area contributed by atoms with Crippen molar-refractivity contribution in [3.05, 3.63) is 76.9 Å². The first-order chi connectivity index (χ1) is 13.5. The highest BCUT2D eigenvalue weighted by molar-refractivity contribution is 5.96. The van der Waals surface area contributed by atoms with Crippen molar-refractivity contribution >= 4 is 5.71 Å². The molecule has 0 bridgehead atoms. The normalized spacial score (nSPS) is 11.5. The predicted molar refractivity (Wildman–Crippen MR) is 112 cm³/mol. The van der Waals surface area contributed by atoms with E-state index in [2.05, 4.69) is 34.2 Å². The van der Waals surface area contributed by atoms with E-state index < -0.39 is 0 Å². The topological polar surface area (TPSA) is 60.3 Å². The zero-order valence-corrected chi connectivity index (χ0v) is 16.9. The number of pyridine rings is 3. The highest BCUT2D eigenvalue weighted by atomic mass is 16.6. The molecule has 3 heterocycles. The molecule has 0 radical (unpaired) electrons. The Morgan fingerprint density at radius 2 is 1.71 bits per heavy atom. The van der Waals surface area contributed by atoms with Gasteiger partial charge in [0.05, 0.1) is 17.1 Å². The van der Waals surface area contributed by atoms with Gasteiger partial charge in [-0.3, -0.25) is 15.0 Å². The van der Waals surface area contributed by atoms with E-state index in [1.54, 1.807) is 0 Å². The monoisotopic (exact) mass is 374 g/mol. The van der Waals surface area contributed by atoms with Crippen LogP contribution in [0, 0.1) is 20.8 Å². The third-order valence-corrected chi connectivity index (χ3v) is 4.30. The minimum Gasteiger partial charge on any atom is -0.396 e. The summed E-state index contributed by atoms with van der Waals surface area (Å²) in [4.78, 5) is 19.3. The lowest BCUT2D eigenvalue weighted by molar-refractivity contribution is 0.141. The Hall–Kier alpha value is -3.08. The van der Waals surface area contributed by atoms with Crippen LogP contribution in [0.15, 0.2) is 53.7 Å². The van der Waals surface area contributed by atoms with Gasteiger partial charge in [0.2, 0.25) is 0 Å². The number of rotatable bonds is 7. The van der Waals surface area contributed by atoms with Crippen molar-refractivity contribution in [3.8, 4) is 11.4 Å². The zero-order valence-electron chi connectivity index (χ0n) is 16.9. The molecular formula is C23H26N4O. The van der Waals surface area contributed by atoms with E-state index in [0.717, 1.165) is 52.7 Å². The summed E-state index contributed by atoms with van der Waals surface area (Å²) in [6, 6.07) is 16.1. The highest BCUT2D eigenvalue weighted by Crippen LogP contribution is 2.17. The minimum atomic E-state index is 0.539. The second-order valence-electron chi connectivity index (χ2n) is 6.96. The average Bonchev–Trinajstić information content (AvgIpc) is 2.67. The van der Waals surface area contributed by atoms with Gasteiger partial charge in [-0.25, -0.2) is 0 Å². The molecule has 0 aromatic carbocycles. The molecule has 3 rings (SSSR count). The van der Waals surface area contributed by atoms with E-state index in [4.69, 9.17) is 9.82 Å². The van der Waals surface area contributed by atoms with Crippen molar-refractivity contribution in [2.24, 2.45) is 5.16 Å². The second kappa shape index (κ2) is 9.22. The van der Waals surface area contributed by atoms with Gasteiger partial charge in [0.1, 0.15) is 12.3 Å². The fourth-order valence-corrected chi connectivity index (χ4v) is 2.99. The van der Waals surface area contributed by atoms with E-state index in [0.29, 0.717) is 6.61 Å². The molecule has 3 aromatic rings. The molecule has 144 valence electrons. The fraction of sp³-hybridized carbons (Fsp3) is 0.304. The highest BCUT2D eigenvalue weighted by Gasteiger charge is 2.05. The van der Waals surface area contributed by atoms with Gasteiger partial charge in [0, 0.05) is 17.1 Å². The molecule has 0 aliphatic rings. The van der Waals surface area contributed by atoms with Crippen molar-refractivity contribution in [1.82, 2.24) is 15.0 Å². The summed E-state index contributed by atoms with van der Waals surface area (Å²) in [6.45, 7) is 8.49. The molecule has 0 unspecified atom stereocenters. The van der Waals surface area contributed by atoms with Crippen LogP contribution in [-0.2, 0) is 11.3 Å². The standard InChI is InChI=1S/C23H26N4O/c1-16-14-18(3)25-23(15-16)22-12-6-9-20(26-22)10-7-13-28-27-19(4)21-11-5-8-17(2)24-21/h5-6,8-9,11-12,14-15H,7,10,13H2,1-4H3. The average molecular weight is 374 g/mol. The Morgan fingerprint density at radius 3 is 2.50 bits per heavy atom. The summed E-state index contributed by atoms with van der Waals surface area (Å²) in [5.74, 6) is 0. The Labute approximate surface area is 166 Å². The van der Waals surface area contributed by atoms with E-state index in [1.165, 1.54) is 5.56 Å². The number of hydrogen-bond donors (Lipinski definition) is 0. The van der Waals surface area contributed by atoms with Gasteiger partial charge in [-0.05, 0) is 82.5 Å². The molecule has 0 saturated carbocycles. The summed E-state index contributed by atoms with van der Waals surface area (Å²) < 4.78 is 0. The molecule has 0 amide bonds. The minimum absolute atomic E-state index is 0.539. The van der Waals surface area contributed by atoms with Crippen molar-refractivity contribution < 1.29 is 4.84 Å². The van der Waals surface area contributed by atoms with Gasteiger partial charge >= 0.3 is 0 Å². The van der Waals surface area contributed by atoms with Crippen molar-refractivity contribution in [2.45, 2.75) is 40.5 Å². The predicted octanol–water partition coefficient (Wildman–Crippen LogP) is 4.84. The quantitative estimate of drug-likeness (QED) is 0.337. The summed E-state index contributed by atoms with van der Waals surface area (Å²) >= 11 is 0. The van der Waals surface area contributed by atoms with Gasteiger partial charge < -0.3 is 4.84 Å². The van der Waals surface area contributed by atoms with Crippen LogP contribution in [0.2, 0.25) is 0 Å². The largest absolute Gasteiger partial charge is 0.396 e. The lowest BCUT2D eigenvalue weighted by Gasteiger charge is -2.06. The third-order valence-electron chi connectivity index (χ3n) is 4.30. The van der Waals surface area contributed by atoms with E-state index in [1.807, 2.05) is 57.2 Å². The Balaban J connectivity index is 1.55. The van der Waals surface area contributed by atoms with Crippen LogP contribution in [0.5, 0.6) is 0 Å². The molecule has 0 N–H and O–H groups in total. The van der Waals surface area contributed by atoms with Gasteiger partial charge in [0.25, 0.3) is 0 Å². The molecule has 0 aliphatic carbocycles. The Morgan fingerprint density at radius 1 is 0.893 bits per heavy atom. The number of hydrogen-bond acceptors (Lipinski definition) is 5. The molecule has 0 aliphatic heterocycles. The van der Waals surface area contributed by atoms with Crippen LogP contribution in [0.25, 0.3) is 11.4 Å². The summed E-state index contributed by atoms with van der Waals surface area (Å²) in [6.07, 6.45) is 1.67. The lowest BCUT2D eigenvalue weighted by Crippen LogP contribution is -2.02. The SMILES string of the molecule is CC(=NOCCCc1cccc(-c2cc(C)cc(C)n2)n1)c1cccc(C)n1. The second-order valence-corrected chi connectivity index (χ2v) is 6.96. The van der Waals surface area contributed by atoms with E-state index in [-0.39, 0.29) is 0 Å². The number of aryl methyl sites for hydroxylation is 4. The fourth-order valence-electron chi connectivity index (χ4n) is 2.99. The first-order valence-corrected chi connectivity index (χ1v) is 9.53. The van der Waals surface area contributed by atoms with Gasteiger partial charge in [-0.1, -0.05) is 17.3 Å². The molecule has 28 heavy (non-hydrogen) atoms. The molecule has 0 spiro atoms. The summed E-state index contributed by atoms with van der Waals surface area (Å²) in [7, 11) is 0. The van der Waals surface area contributed by atoms with Crippen LogP contribution >= 0.6 is 0 Å². The summed E-state index contributed by atoms with van der Waals surface area (Å²) in [5, 5.41) is 4.17. The Kier molecular flexibility index (Phi) is 6.48. The van der Waals surface area contributed by atoms with Gasteiger partial charge in [0.15, 0.2) is 0 Å².